The molecule has 0 aliphatic heterocycles. The molecule has 1 aromatic heterocycles. The Morgan fingerprint density at radius 3 is 2.71 bits per heavy atom. The molecule has 0 atom stereocenters. The van der Waals surface area contributed by atoms with Gasteiger partial charge in [0, 0.05) is 17.1 Å². The zero-order chi connectivity index (χ0) is 15.2. The topological polar surface area (TPSA) is 70.1 Å². The number of hydrogen-bond donors (Lipinski definition) is 2. The summed E-state index contributed by atoms with van der Waals surface area (Å²) in [5, 5.41) is 11.6. The highest BCUT2D eigenvalue weighted by Gasteiger charge is 2.08. The molecule has 1 heterocycles. The number of aromatic amines is 1. The zero-order valence-corrected chi connectivity index (χ0v) is 12.7. The van der Waals surface area contributed by atoms with E-state index in [0.717, 1.165) is 22.5 Å². The normalized spacial score (nSPS) is 11.0. The number of amides is 1. The van der Waals surface area contributed by atoms with Gasteiger partial charge in [0.25, 0.3) is 0 Å². The van der Waals surface area contributed by atoms with Crippen molar-refractivity contribution in [3.8, 4) is 0 Å². The molecule has 0 aliphatic rings. The Bertz CT molecular complexity index is 627. The zero-order valence-electron chi connectivity index (χ0n) is 12.0. The molecule has 5 nitrogen and oxygen atoms in total. The van der Waals surface area contributed by atoms with Crippen LogP contribution >= 0.6 is 11.6 Å². The Morgan fingerprint density at radius 2 is 2.10 bits per heavy atom. The third-order valence-electron chi connectivity index (χ3n) is 3.16. The monoisotopic (exact) mass is 304 g/mol. The van der Waals surface area contributed by atoms with E-state index in [2.05, 4.69) is 20.7 Å². The molecule has 0 fully saturated rings. The lowest BCUT2D eigenvalue weighted by Crippen LogP contribution is -2.18. The minimum atomic E-state index is -0.125. The van der Waals surface area contributed by atoms with Crippen LogP contribution in [0.4, 0.5) is 0 Å². The Labute approximate surface area is 128 Å². The number of H-pyrrole nitrogens is 1. The molecule has 0 saturated heterocycles. The van der Waals surface area contributed by atoms with Gasteiger partial charge in [-0.3, -0.25) is 9.89 Å². The van der Waals surface area contributed by atoms with Crippen LogP contribution in [0.25, 0.3) is 0 Å². The average Bonchev–Trinajstić information content (AvgIpc) is 2.78. The van der Waals surface area contributed by atoms with E-state index in [1.165, 1.54) is 0 Å². The molecule has 6 heteroatoms. The molecule has 0 spiro atoms. The van der Waals surface area contributed by atoms with Crippen molar-refractivity contribution in [2.75, 3.05) is 0 Å². The maximum absolute atomic E-state index is 11.7. The second-order valence-electron chi connectivity index (χ2n) is 4.76. The Kier molecular flexibility index (Phi) is 5.11. The standard InChI is InChI=1S/C15H17ClN4O/c1-10-14(11(2)19-18-10)7-8-15(21)20-17-9-12-3-5-13(16)6-4-12/h3-6,9H,7-8H2,1-2H3,(H,18,19)(H,20,21)/b17-9-. The van der Waals surface area contributed by atoms with E-state index in [1.807, 2.05) is 26.0 Å². The number of halogens is 1. The first-order valence-electron chi connectivity index (χ1n) is 6.64. The van der Waals surface area contributed by atoms with Gasteiger partial charge in [-0.25, -0.2) is 5.43 Å². The van der Waals surface area contributed by atoms with Gasteiger partial charge in [0.05, 0.1) is 11.9 Å². The number of hydrogen-bond acceptors (Lipinski definition) is 3. The van der Waals surface area contributed by atoms with E-state index in [9.17, 15) is 4.79 Å². The predicted molar refractivity (Wildman–Crippen MR) is 83.6 cm³/mol. The summed E-state index contributed by atoms with van der Waals surface area (Å²) in [5.41, 5.74) is 6.42. The minimum absolute atomic E-state index is 0.125. The quantitative estimate of drug-likeness (QED) is 0.658. The van der Waals surface area contributed by atoms with Crippen molar-refractivity contribution < 1.29 is 4.79 Å². The second-order valence-corrected chi connectivity index (χ2v) is 5.19. The summed E-state index contributed by atoms with van der Waals surface area (Å²) in [6.45, 7) is 3.88. The van der Waals surface area contributed by atoms with Crippen LogP contribution in [-0.2, 0) is 11.2 Å². The fraction of sp³-hybridized carbons (Fsp3) is 0.267. The van der Waals surface area contributed by atoms with Gasteiger partial charge in [-0.15, -0.1) is 0 Å². The molecule has 1 aromatic carbocycles. The Morgan fingerprint density at radius 1 is 1.38 bits per heavy atom. The van der Waals surface area contributed by atoms with Gasteiger partial charge in [-0.05, 0) is 43.5 Å². The maximum Gasteiger partial charge on any atom is 0.240 e. The Balaban J connectivity index is 1.81. The molecule has 0 radical (unpaired) electrons. The summed E-state index contributed by atoms with van der Waals surface area (Å²) < 4.78 is 0. The van der Waals surface area contributed by atoms with Crippen molar-refractivity contribution in [3.05, 3.63) is 51.8 Å². The molecule has 0 bridgehead atoms. The highest BCUT2D eigenvalue weighted by molar-refractivity contribution is 6.30. The lowest BCUT2D eigenvalue weighted by atomic mass is 10.1. The highest BCUT2D eigenvalue weighted by atomic mass is 35.5. The van der Waals surface area contributed by atoms with Gasteiger partial charge in [-0.2, -0.15) is 10.2 Å². The van der Waals surface area contributed by atoms with Crippen molar-refractivity contribution >= 4 is 23.7 Å². The van der Waals surface area contributed by atoms with Crippen molar-refractivity contribution in [1.82, 2.24) is 15.6 Å². The second kappa shape index (κ2) is 7.04. The fourth-order valence-corrected chi connectivity index (χ4v) is 2.09. The number of carbonyl (C=O) groups is 1. The van der Waals surface area contributed by atoms with Crippen molar-refractivity contribution in [2.24, 2.45) is 5.10 Å². The number of aryl methyl sites for hydroxylation is 2. The third kappa shape index (κ3) is 4.43. The van der Waals surface area contributed by atoms with Crippen LogP contribution in [0, 0.1) is 13.8 Å². The largest absolute Gasteiger partial charge is 0.282 e. The number of carbonyl (C=O) groups excluding carboxylic acids is 1. The van der Waals surface area contributed by atoms with E-state index < -0.39 is 0 Å². The van der Waals surface area contributed by atoms with Crippen LogP contribution in [0.15, 0.2) is 29.4 Å². The van der Waals surface area contributed by atoms with Gasteiger partial charge in [0.15, 0.2) is 0 Å². The van der Waals surface area contributed by atoms with Crippen molar-refractivity contribution in [2.45, 2.75) is 26.7 Å². The molecule has 21 heavy (non-hydrogen) atoms. The third-order valence-corrected chi connectivity index (χ3v) is 3.41. The van der Waals surface area contributed by atoms with Gasteiger partial charge < -0.3 is 0 Å². The molecule has 0 saturated carbocycles. The minimum Gasteiger partial charge on any atom is -0.282 e. The molecule has 0 unspecified atom stereocenters. The molecule has 2 rings (SSSR count). The lowest BCUT2D eigenvalue weighted by Gasteiger charge is -2.01. The van der Waals surface area contributed by atoms with E-state index in [4.69, 9.17) is 11.6 Å². The highest BCUT2D eigenvalue weighted by Crippen LogP contribution is 2.11. The van der Waals surface area contributed by atoms with Gasteiger partial charge in [0.1, 0.15) is 0 Å². The van der Waals surface area contributed by atoms with E-state index >= 15 is 0 Å². The molecular weight excluding hydrogens is 288 g/mol. The van der Waals surface area contributed by atoms with Gasteiger partial charge in [-0.1, -0.05) is 23.7 Å². The summed E-state index contributed by atoms with van der Waals surface area (Å²) in [6.07, 6.45) is 2.61. The van der Waals surface area contributed by atoms with E-state index in [-0.39, 0.29) is 5.91 Å². The molecule has 110 valence electrons. The van der Waals surface area contributed by atoms with Crippen LogP contribution in [0.3, 0.4) is 0 Å². The fourth-order valence-electron chi connectivity index (χ4n) is 1.96. The smallest absolute Gasteiger partial charge is 0.240 e. The summed E-state index contributed by atoms with van der Waals surface area (Å²) >= 11 is 5.79. The van der Waals surface area contributed by atoms with Crippen LogP contribution in [0.5, 0.6) is 0 Å². The van der Waals surface area contributed by atoms with Crippen LogP contribution in [-0.4, -0.2) is 22.3 Å². The molecule has 2 aromatic rings. The van der Waals surface area contributed by atoms with Crippen LogP contribution in [0.1, 0.15) is 28.9 Å². The summed E-state index contributed by atoms with van der Waals surface area (Å²) in [6, 6.07) is 7.21. The first kappa shape index (κ1) is 15.3. The summed E-state index contributed by atoms with van der Waals surface area (Å²) in [4.78, 5) is 11.7. The number of benzene rings is 1. The van der Waals surface area contributed by atoms with E-state index in [1.54, 1.807) is 18.3 Å². The summed E-state index contributed by atoms with van der Waals surface area (Å²) in [7, 11) is 0. The number of aromatic nitrogens is 2. The number of nitrogens with one attached hydrogen (secondary N) is 2. The van der Waals surface area contributed by atoms with Gasteiger partial charge in [0.2, 0.25) is 5.91 Å². The van der Waals surface area contributed by atoms with E-state index in [0.29, 0.717) is 17.9 Å². The molecule has 0 aliphatic carbocycles. The van der Waals surface area contributed by atoms with Crippen molar-refractivity contribution in [3.63, 3.8) is 0 Å². The number of rotatable bonds is 5. The van der Waals surface area contributed by atoms with Gasteiger partial charge >= 0.3 is 0 Å². The lowest BCUT2D eigenvalue weighted by molar-refractivity contribution is -0.121. The first-order valence-corrected chi connectivity index (χ1v) is 7.02. The predicted octanol–water partition coefficient (Wildman–Crippen LogP) is 2.76. The first-order chi connectivity index (χ1) is 10.1. The van der Waals surface area contributed by atoms with Crippen LogP contribution < -0.4 is 5.43 Å². The summed E-state index contributed by atoms with van der Waals surface area (Å²) in [5.74, 6) is -0.125. The Hall–Kier alpha value is -2.14. The average molecular weight is 305 g/mol. The molecular formula is C15H17ClN4O. The molecule has 2 N–H and O–H groups in total. The number of nitrogens with zero attached hydrogens (tertiary/aromatic N) is 2. The van der Waals surface area contributed by atoms with Crippen molar-refractivity contribution in [1.29, 1.82) is 0 Å². The number of hydrazone groups is 1. The SMILES string of the molecule is Cc1n[nH]c(C)c1CCC(=O)N/N=C\c1ccc(Cl)cc1. The maximum atomic E-state index is 11.7. The van der Waals surface area contributed by atoms with Crippen LogP contribution in [0.2, 0.25) is 5.02 Å². The molecule has 1 amide bonds.